The molecular formula is C15H21ClFNO3S. The molecule has 1 amide bonds. The zero-order valence-corrected chi connectivity index (χ0v) is 14.3. The fourth-order valence-corrected chi connectivity index (χ4v) is 3.09. The van der Waals surface area contributed by atoms with Crippen LogP contribution in [0, 0.1) is 5.82 Å². The van der Waals surface area contributed by atoms with Crippen molar-refractivity contribution in [3.05, 3.63) is 34.6 Å². The Balaban J connectivity index is 2.28. The van der Waals surface area contributed by atoms with Gasteiger partial charge in [0, 0.05) is 29.0 Å². The molecule has 0 aromatic heterocycles. The lowest BCUT2D eigenvalue weighted by atomic mass is 10.2. The highest BCUT2D eigenvalue weighted by Crippen LogP contribution is 2.18. The molecule has 7 heteroatoms. The molecular weight excluding hydrogens is 329 g/mol. The molecule has 124 valence electrons. The second-order valence-corrected chi connectivity index (χ2v) is 6.95. The molecule has 1 aromatic carbocycles. The van der Waals surface area contributed by atoms with Gasteiger partial charge < -0.3 is 10.1 Å². The predicted octanol–water partition coefficient (Wildman–Crippen LogP) is 2.66. The Labute approximate surface area is 137 Å². The fraction of sp³-hybridized carbons (Fsp3) is 0.533. The van der Waals surface area contributed by atoms with E-state index in [0.29, 0.717) is 25.1 Å². The zero-order chi connectivity index (χ0) is 16.5. The highest BCUT2D eigenvalue weighted by atomic mass is 35.5. The van der Waals surface area contributed by atoms with Gasteiger partial charge in [0.05, 0.1) is 11.9 Å². The molecule has 0 bridgehead atoms. The van der Waals surface area contributed by atoms with Gasteiger partial charge in [-0.3, -0.25) is 9.00 Å². The van der Waals surface area contributed by atoms with Gasteiger partial charge in [0.1, 0.15) is 11.6 Å². The minimum Gasteiger partial charge on any atom is -0.379 e. The highest BCUT2D eigenvalue weighted by Gasteiger charge is 2.11. The monoisotopic (exact) mass is 349 g/mol. The summed E-state index contributed by atoms with van der Waals surface area (Å²) in [5.74, 6) is -0.691. The Kier molecular flexibility index (Phi) is 8.60. The third-order valence-corrected chi connectivity index (χ3v) is 4.29. The summed E-state index contributed by atoms with van der Waals surface area (Å²) >= 11 is 5.87. The Morgan fingerprint density at radius 2 is 2.18 bits per heavy atom. The van der Waals surface area contributed by atoms with E-state index in [1.807, 2.05) is 13.8 Å². The van der Waals surface area contributed by atoms with Crippen molar-refractivity contribution in [2.75, 3.05) is 18.9 Å². The van der Waals surface area contributed by atoms with E-state index in [-0.39, 0.29) is 28.5 Å². The van der Waals surface area contributed by atoms with E-state index in [0.717, 1.165) is 0 Å². The van der Waals surface area contributed by atoms with Gasteiger partial charge >= 0.3 is 0 Å². The third kappa shape index (κ3) is 7.87. The first kappa shape index (κ1) is 19.1. The van der Waals surface area contributed by atoms with Gasteiger partial charge in [0.2, 0.25) is 5.91 Å². The first-order chi connectivity index (χ1) is 10.4. The van der Waals surface area contributed by atoms with Crippen molar-refractivity contribution < 1.29 is 18.1 Å². The van der Waals surface area contributed by atoms with Crippen LogP contribution in [-0.4, -0.2) is 35.1 Å². The number of amides is 1. The summed E-state index contributed by atoms with van der Waals surface area (Å²) in [6, 6.07) is 3.91. The van der Waals surface area contributed by atoms with Crippen LogP contribution in [0.5, 0.6) is 0 Å². The van der Waals surface area contributed by atoms with Crippen LogP contribution in [0.3, 0.4) is 0 Å². The van der Waals surface area contributed by atoms with Crippen molar-refractivity contribution in [2.24, 2.45) is 0 Å². The Morgan fingerprint density at radius 3 is 2.82 bits per heavy atom. The summed E-state index contributed by atoms with van der Waals surface area (Å²) in [5.41, 5.74) is 0.569. The Hall–Kier alpha value is -0.980. The van der Waals surface area contributed by atoms with Crippen molar-refractivity contribution in [1.29, 1.82) is 0 Å². The standard InChI is InChI=1S/C15H21ClFNO3S/c1-11(2)21-7-3-6-18-15(19)10-22(20)9-12-4-5-13(17)8-14(12)16/h4-5,8,11H,3,6-7,9-10H2,1-2H3,(H,18,19). The molecule has 0 radical (unpaired) electrons. The molecule has 1 unspecified atom stereocenters. The molecule has 0 aliphatic heterocycles. The summed E-state index contributed by atoms with van der Waals surface area (Å²) in [7, 11) is -1.38. The first-order valence-electron chi connectivity index (χ1n) is 7.05. The molecule has 0 heterocycles. The predicted molar refractivity (Wildman–Crippen MR) is 86.8 cm³/mol. The molecule has 0 saturated carbocycles. The molecule has 22 heavy (non-hydrogen) atoms. The normalized spacial score (nSPS) is 12.4. The Bertz CT molecular complexity index is 526. The number of carbonyl (C=O) groups excluding carboxylic acids is 1. The van der Waals surface area contributed by atoms with Gasteiger partial charge in [0.15, 0.2) is 0 Å². The molecule has 0 saturated heterocycles. The van der Waals surface area contributed by atoms with Gasteiger partial charge in [-0.25, -0.2) is 4.39 Å². The average molecular weight is 350 g/mol. The molecule has 1 N–H and O–H groups in total. The lowest BCUT2D eigenvalue weighted by Crippen LogP contribution is -2.30. The van der Waals surface area contributed by atoms with Crippen molar-refractivity contribution in [1.82, 2.24) is 5.32 Å². The van der Waals surface area contributed by atoms with Crippen LogP contribution < -0.4 is 5.32 Å². The van der Waals surface area contributed by atoms with Crippen molar-refractivity contribution in [2.45, 2.75) is 32.1 Å². The molecule has 1 rings (SSSR count). The number of hydrogen-bond acceptors (Lipinski definition) is 3. The summed E-state index contributed by atoms with van der Waals surface area (Å²) in [6.07, 6.45) is 0.879. The van der Waals surface area contributed by atoms with Crippen LogP contribution in [-0.2, 0) is 26.1 Å². The smallest absolute Gasteiger partial charge is 0.232 e. The number of hydrogen-bond donors (Lipinski definition) is 1. The quantitative estimate of drug-likeness (QED) is 0.697. The van der Waals surface area contributed by atoms with Gasteiger partial charge in [-0.2, -0.15) is 0 Å². The molecule has 0 fully saturated rings. The van der Waals surface area contributed by atoms with Gasteiger partial charge in [-0.15, -0.1) is 0 Å². The third-order valence-electron chi connectivity index (χ3n) is 2.72. The zero-order valence-electron chi connectivity index (χ0n) is 12.7. The molecule has 1 atom stereocenters. The lowest BCUT2D eigenvalue weighted by Gasteiger charge is -2.08. The first-order valence-corrected chi connectivity index (χ1v) is 8.92. The number of benzene rings is 1. The number of rotatable bonds is 9. The van der Waals surface area contributed by atoms with Gasteiger partial charge in [0.25, 0.3) is 0 Å². The number of ether oxygens (including phenoxy) is 1. The summed E-state index contributed by atoms with van der Waals surface area (Å²) < 4.78 is 30.2. The van der Waals surface area contributed by atoms with Crippen LogP contribution in [0.4, 0.5) is 4.39 Å². The topological polar surface area (TPSA) is 55.4 Å². The summed E-state index contributed by atoms with van der Waals surface area (Å²) in [4.78, 5) is 11.6. The van der Waals surface area contributed by atoms with Crippen LogP contribution in [0.1, 0.15) is 25.8 Å². The lowest BCUT2D eigenvalue weighted by molar-refractivity contribution is -0.118. The SMILES string of the molecule is CC(C)OCCCNC(=O)CS(=O)Cc1ccc(F)cc1Cl. The van der Waals surface area contributed by atoms with Gasteiger partial charge in [-0.1, -0.05) is 17.7 Å². The van der Waals surface area contributed by atoms with E-state index in [1.165, 1.54) is 18.2 Å². The van der Waals surface area contributed by atoms with Gasteiger partial charge in [-0.05, 0) is 38.0 Å². The number of carbonyl (C=O) groups is 1. The fourth-order valence-electron chi connectivity index (χ4n) is 1.68. The van der Waals surface area contributed by atoms with E-state index in [4.69, 9.17) is 16.3 Å². The summed E-state index contributed by atoms with van der Waals surface area (Å²) in [6.45, 7) is 4.96. The molecule has 0 aliphatic rings. The van der Waals surface area contributed by atoms with Crippen LogP contribution >= 0.6 is 11.6 Å². The van der Waals surface area contributed by atoms with Crippen LogP contribution in [0.15, 0.2) is 18.2 Å². The van der Waals surface area contributed by atoms with Crippen LogP contribution in [0.25, 0.3) is 0 Å². The van der Waals surface area contributed by atoms with Crippen LogP contribution in [0.2, 0.25) is 5.02 Å². The molecule has 0 aliphatic carbocycles. The largest absolute Gasteiger partial charge is 0.379 e. The molecule has 4 nitrogen and oxygen atoms in total. The maximum absolute atomic E-state index is 12.9. The minimum absolute atomic E-state index is 0.0985. The maximum Gasteiger partial charge on any atom is 0.232 e. The molecule has 1 aromatic rings. The number of nitrogens with one attached hydrogen (secondary N) is 1. The maximum atomic E-state index is 12.9. The van der Waals surface area contributed by atoms with Crippen molar-refractivity contribution in [3.8, 4) is 0 Å². The Morgan fingerprint density at radius 1 is 1.45 bits per heavy atom. The van der Waals surface area contributed by atoms with E-state index in [2.05, 4.69) is 5.32 Å². The average Bonchev–Trinajstić information content (AvgIpc) is 2.41. The highest BCUT2D eigenvalue weighted by molar-refractivity contribution is 7.84. The molecule has 0 spiro atoms. The summed E-state index contributed by atoms with van der Waals surface area (Å²) in [5, 5.41) is 2.91. The number of halogens is 2. The second-order valence-electron chi connectivity index (χ2n) is 5.09. The van der Waals surface area contributed by atoms with Crippen molar-refractivity contribution >= 4 is 28.3 Å². The minimum atomic E-state index is -1.38. The van der Waals surface area contributed by atoms with E-state index >= 15 is 0 Å². The second kappa shape index (κ2) is 9.92. The van der Waals surface area contributed by atoms with E-state index < -0.39 is 16.6 Å². The van der Waals surface area contributed by atoms with E-state index in [1.54, 1.807) is 0 Å². The van der Waals surface area contributed by atoms with E-state index in [9.17, 15) is 13.4 Å². The van der Waals surface area contributed by atoms with Crippen molar-refractivity contribution in [3.63, 3.8) is 0 Å².